The lowest BCUT2D eigenvalue weighted by atomic mass is 9.67. The van der Waals surface area contributed by atoms with E-state index in [1.54, 1.807) is 45.0 Å². The summed E-state index contributed by atoms with van der Waals surface area (Å²) in [5.41, 5.74) is 2.26. The van der Waals surface area contributed by atoms with Crippen LogP contribution in [0, 0.1) is 13.8 Å². The smallest absolute Gasteiger partial charge is 0.306 e. The molecule has 0 aliphatic rings. The molecule has 1 unspecified atom stereocenters. The van der Waals surface area contributed by atoms with Gasteiger partial charge in [-0.2, -0.15) is 16.8 Å². The lowest BCUT2D eigenvalue weighted by Crippen LogP contribution is -2.32. The first-order chi connectivity index (χ1) is 15.7. The van der Waals surface area contributed by atoms with Crippen molar-refractivity contribution in [3.63, 3.8) is 0 Å². The minimum absolute atomic E-state index is 0.232. The number of benzene rings is 2. The van der Waals surface area contributed by atoms with Gasteiger partial charge in [0.05, 0.1) is 12.5 Å². The van der Waals surface area contributed by atoms with Crippen molar-refractivity contribution >= 4 is 20.2 Å². The van der Waals surface area contributed by atoms with Crippen LogP contribution in [-0.4, -0.2) is 35.5 Å². The molecule has 0 saturated heterocycles. The fourth-order valence-corrected chi connectivity index (χ4v) is 5.23. The van der Waals surface area contributed by atoms with Crippen LogP contribution in [0.5, 0.6) is 11.5 Å². The molecule has 0 saturated carbocycles. The molecule has 0 N–H and O–H groups in total. The molecule has 2 rings (SSSR count). The Morgan fingerprint density at radius 2 is 1.29 bits per heavy atom. The Labute approximate surface area is 203 Å². The van der Waals surface area contributed by atoms with Crippen LogP contribution < -0.4 is 8.37 Å². The zero-order chi connectivity index (χ0) is 25.7. The van der Waals surface area contributed by atoms with Gasteiger partial charge in [0.25, 0.3) is 0 Å². The Morgan fingerprint density at radius 3 is 1.62 bits per heavy atom. The first-order valence-electron chi connectivity index (χ1n) is 11.4. The number of halogens is 1. The lowest BCUT2D eigenvalue weighted by Gasteiger charge is -2.37. The van der Waals surface area contributed by atoms with E-state index in [1.165, 1.54) is 0 Å². The minimum atomic E-state index is -3.69. The van der Waals surface area contributed by atoms with Gasteiger partial charge in [-0.25, -0.2) is 4.39 Å². The Bertz CT molecular complexity index is 1120. The van der Waals surface area contributed by atoms with Gasteiger partial charge in [-0.1, -0.05) is 51.0 Å². The molecule has 0 radical (unpaired) electrons. The Morgan fingerprint density at radius 1 is 0.853 bits per heavy atom. The van der Waals surface area contributed by atoms with E-state index in [2.05, 4.69) is 6.92 Å². The van der Waals surface area contributed by atoms with E-state index >= 15 is 4.39 Å². The van der Waals surface area contributed by atoms with Crippen molar-refractivity contribution in [2.45, 2.75) is 71.4 Å². The van der Waals surface area contributed by atoms with E-state index in [0.717, 1.165) is 36.5 Å². The second kappa shape index (κ2) is 11.1. The minimum Gasteiger partial charge on any atom is -0.382 e. The fraction of sp³-hybridized carbons (Fsp3) is 0.520. The van der Waals surface area contributed by atoms with Crippen LogP contribution in [0.1, 0.15) is 68.2 Å². The van der Waals surface area contributed by atoms with Crippen molar-refractivity contribution in [2.75, 3.05) is 12.5 Å². The molecule has 0 amide bonds. The molecule has 2 aromatic rings. The molecule has 6 nitrogen and oxygen atoms in total. The largest absolute Gasteiger partial charge is 0.382 e. The summed E-state index contributed by atoms with van der Waals surface area (Å²) in [4.78, 5) is 0. The summed E-state index contributed by atoms with van der Waals surface area (Å²) in [6, 6.07) is 10.5. The molecule has 0 heterocycles. The predicted octanol–water partition coefficient (Wildman–Crippen LogP) is 5.59. The van der Waals surface area contributed by atoms with Crippen LogP contribution in [0.25, 0.3) is 0 Å². The van der Waals surface area contributed by atoms with Crippen molar-refractivity contribution in [3.05, 3.63) is 58.7 Å². The molecule has 190 valence electrons. The first-order valence-corrected chi connectivity index (χ1v) is 15.0. The molecule has 0 bridgehead atoms. The summed E-state index contributed by atoms with van der Waals surface area (Å²) in [7, 11) is -7.37. The van der Waals surface area contributed by atoms with Gasteiger partial charge in [-0.05, 0) is 67.5 Å². The Balaban J connectivity index is 2.71. The molecule has 0 fully saturated rings. The van der Waals surface area contributed by atoms with Crippen LogP contribution in [0.3, 0.4) is 0 Å². The molecule has 34 heavy (non-hydrogen) atoms. The average Bonchev–Trinajstić information content (AvgIpc) is 2.72. The number of aryl methyl sites for hydroxylation is 2. The highest BCUT2D eigenvalue weighted by Crippen LogP contribution is 2.44. The fourth-order valence-electron chi connectivity index (χ4n) is 4.20. The van der Waals surface area contributed by atoms with Crippen molar-refractivity contribution in [2.24, 2.45) is 0 Å². The van der Waals surface area contributed by atoms with E-state index in [0.29, 0.717) is 24.0 Å². The molecule has 0 aromatic heterocycles. The topological polar surface area (TPSA) is 86.7 Å². The summed E-state index contributed by atoms with van der Waals surface area (Å²) in [5.74, 6) is 0.465. The summed E-state index contributed by atoms with van der Waals surface area (Å²) in [6.45, 7) is 7.39. The maximum Gasteiger partial charge on any atom is 0.306 e. The van der Waals surface area contributed by atoms with E-state index < -0.39 is 31.8 Å². The maximum atomic E-state index is 15.0. The Kier molecular flexibility index (Phi) is 9.16. The highest BCUT2D eigenvalue weighted by atomic mass is 32.2. The standard InChI is InChI=1S/C25H35FO6S2/c1-7-9-14-25(17-22(26)8-2,20-10-12-23(18(3)15-20)31-33(5,27)28)21-11-13-24(19(4)16-21)32-34(6,29)30/h10-13,15-16,22H,7-9,14,17H2,1-6H3. The van der Waals surface area contributed by atoms with Gasteiger partial charge in [0.15, 0.2) is 0 Å². The average molecular weight is 515 g/mol. The summed E-state index contributed by atoms with van der Waals surface area (Å²) in [5, 5.41) is 0. The lowest BCUT2D eigenvalue weighted by molar-refractivity contribution is 0.244. The zero-order valence-electron chi connectivity index (χ0n) is 20.7. The van der Waals surface area contributed by atoms with Crippen LogP contribution in [0.2, 0.25) is 0 Å². The predicted molar refractivity (Wildman–Crippen MR) is 133 cm³/mol. The van der Waals surface area contributed by atoms with Gasteiger partial charge in [0, 0.05) is 5.41 Å². The highest BCUT2D eigenvalue weighted by Gasteiger charge is 2.37. The van der Waals surface area contributed by atoms with E-state index in [4.69, 9.17) is 8.37 Å². The van der Waals surface area contributed by atoms with Crippen molar-refractivity contribution in [1.82, 2.24) is 0 Å². The van der Waals surface area contributed by atoms with Crippen molar-refractivity contribution < 1.29 is 29.6 Å². The second-order valence-electron chi connectivity index (χ2n) is 8.93. The number of alkyl halides is 1. The molecule has 9 heteroatoms. The SMILES string of the molecule is CCCCC(CC(F)CC)(c1ccc(OS(C)(=O)=O)c(C)c1)c1ccc(OS(C)(=O)=O)c(C)c1. The maximum absolute atomic E-state index is 15.0. The third kappa shape index (κ3) is 7.43. The number of unbranched alkanes of at least 4 members (excludes halogenated alkanes) is 1. The van der Waals surface area contributed by atoms with E-state index in [-0.39, 0.29) is 17.9 Å². The zero-order valence-corrected chi connectivity index (χ0v) is 22.4. The molecule has 0 aliphatic carbocycles. The van der Waals surface area contributed by atoms with Crippen LogP contribution in [0.15, 0.2) is 36.4 Å². The van der Waals surface area contributed by atoms with Crippen LogP contribution in [-0.2, 0) is 25.7 Å². The molecule has 1 atom stereocenters. The van der Waals surface area contributed by atoms with E-state index in [9.17, 15) is 16.8 Å². The molecular weight excluding hydrogens is 479 g/mol. The quantitative estimate of drug-likeness (QED) is 0.343. The molecule has 2 aromatic carbocycles. The summed E-state index contributed by atoms with van der Waals surface area (Å²) < 4.78 is 71.7. The monoisotopic (exact) mass is 514 g/mol. The molecule has 0 spiro atoms. The van der Waals surface area contributed by atoms with Gasteiger partial charge in [-0.3, -0.25) is 0 Å². The normalized spacial score (nSPS) is 13.5. The number of hydrogen-bond acceptors (Lipinski definition) is 6. The second-order valence-corrected chi connectivity index (χ2v) is 12.1. The van der Waals surface area contributed by atoms with E-state index in [1.807, 2.05) is 12.1 Å². The van der Waals surface area contributed by atoms with Gasteiger partial charge in [0.2, 0.25) is 0 Å². The third-order valence-corrected chi connectivity index (χ3v) is 6.87. The van der Waals surface area contributed by atoms with Crippen molar-refractivity contribution in [3.8, 4) is 11.5 Å². The van der Waals surface area contributed by atoms with Gasteiger partial charge < -0.3 is 8.37 Å². The van der Waals surface area contributed by atoms with Crippen LogP contribution >= 0.6 is 0 Å². The summed E-state index contributed by atoms with van der Waals surface area (Å²) >= 11 is 0. The highest BCUT2D eigenvalue weighted by molar-refractivity contribution is 7.86. The Hall–Kier alpha value is -2.13. The van der Waals surface area contributed by atoms with Gasteiger partial charge >= 0.3 is 20.2 Å². The van der Waals surface area contributed by atoms with Gasteiger partial charge in [0.1, 0.15) is 17.7 Å². The molecular formula is C25H35FO6S2. The van der Waals surface area contributed by atoms with Crippen molar-refractivity contribution in [1.29, 1.82) is 0 Å². The number of hydrogen-bond donors (Lipinski definition) is 0. The van der Waals surface area contributed by atoms with Gasteiger partial charge in [-0.15, -0.1) is 0 Å². The molecule has 0 aliphatic heterocycles. The van der Waals surface area contributed by atoms with Crippen LogP contribution in [0.4, 0.5) is 4.39 Å². The first kappa shape index (κ1) is 28.1. The third-order valence-electron chi connectivity index (χ3n) is 5.91. The summed E-state index contributed by atoms with van der Waals surface area (Å²) in [6.07, 6.45) is 3.94. The number of rotatable bonds is 12.